The van der Waals surface area contributed by atoms with Crippen molar-refractivity contribution in [2.24, 2.45) is 0 Å². The van der Waals surface area contributed by atoms with Crippen LogP contribution in [0.15, 0.2) is 36.7 Å². The van der Waals surface area contributed by atoms with E-state index in [0.29, 0.717) is 6.54 Å². The van der Waals surface area contributed by atoms with Crippen LogP contribution in [0.25, 0.3) is 0 Å². The summed E-state index contributed by atoms with van der Waals surface area (Å²) in [6.07, 6.45) is 6.81. The fourth-order valence-electron chi connectivity index (χ4n) is 3.01. The van der Waals surface area contributed by atoms with Crippen LogP contribution in [0.5, 0.6) is 0 Å². The number of benzene rings is 1. The van der Waals surface area contributed by atoms with Gasteiger partial charge in [-0.1, -0.05) is 12.1 Å². The SMILES string of the molecule is CN(C)c1nccnc1NCc1ccc(C(=O)N2CCCCC2)cc1. The van der Waals surface area contributed by atoms with Gasteiger partial charge in [-0.15, -0.1) is 0 Å². The molecule has 3 rings (SSSR count). The molecule has 1 aromatic carbocycles. The maximum Gasteiger partial charge on any atom is 0.253 e. The van der Waals surface area contributed by atoms with Gasteiger partial charge in [-0.05, 0) is 37.0 Å². The Labute approximate surface area is 148 Å². The average molecular weight is 339 g/mol. The van der Waals surface area contributed by atoms with Crippen molar-refractivity contribution in [3.05, 3.63) is 47.8 Å². The smallest absolute Gasteiger partial charge is 0.253 e. The van der Waals surface area contributed by atoms with Gasteiger partial charge in [-0.2, -0.15) is 0 Å². The Morgan fingerprint density at radius 2 is 1.76 bits per heavy atom. The second kappa shape index (κ2) is 7.96. The zero-order valence-corrected chi connectivity index (χ0v) is 14.9. The lowest BCUT2D eigenvalue weighted by molar-refractivity contribution is 0.0724. The molecule has 1 amide bonds. The van der Waals surface area contributed by atoms with Crippen molar-refractivity contribution in [3.63, 3.8) is 0 Å². The maximum atomic E-state index is 12.5. The Hall–Kier alpha value is -2.63. The Bertz CT molecular complexity index is 708. The molecule has 1 N–H and O–H groups in total. The monoisotopic (exact) mass is 339 g/mol. The molecule has 0 radical (unpaired) electrons. The Kier molecular flexibility index (Phi) is 5.48. The van der Waals surface area contributed by atoms with Gasteiger partial charge >= 0.3 is 0 Å². The van der Waals surface area contributed by atoms with Gasteiger partial charge in [-0.25, -0.2) is 9.97 Å². The highest BCUT2D eigenvalue weighted by Gasteiger charge is 2.17. The van der Waals surface area contributed by atoms with E-state index in [2.05, 4.69) is 15.3 Å². The summed E-state index contributed by atoms with van der Waals surface area (Å²) in [5, 5.41) is 3.31. The van der Waals surface area contributed by atoms with E-state index in [-0.39, 0.29) is 5.91 Å². The molecule has 0 saturated carbocycles. The van der Waals surface area contributed by atoms with Crippen LogP contribution in [0.1, 0.15) is 35.2 Å². The van der Waals surface area contributed by atoms with Crippen molar-refractivity contribution in [3.8, 4) is 0 Å². The Morgan fingerprint density at radius 3 is 2.44 bits per heavy atom. The molecule has 1 aliphatic heterocycles. The summed E-state index contributed by atoms with van der Waals surface area (Å²) in [6.45, 7) is 2.39. The third kappa shape index (κ3) is 4.26. The average Bonchev–Trinajstić information content (AvgIpc) is 2.67. The number of aromatic nitrogens is 2. The minimum atomic E-state index is 0.142. The first-order valence-electron chi connectivity index (χ1n) is 8.75. The van der Waals surface area contributed by atoms with Crippen LogP contribution in [0, 0.1) is 0 Å². The second-order valence-electron chi connectivity index (χ2n) is 6.53. The molecule has 25 heavy (non-hydrogen) atoms. The number of hydrogen-bond donors (Lipinski definition) is 1. The van der Waals surface area contributed by atoms with E-state index < -0.39 is 0 Å². The van der Waals surface area contributed by atoms with Crippen molar-refractivity contribution in [1.29, 1.82) is 0 Å². The Balaban J connectivity index is 1.62. The number of nitrogens with zero attached hydrogens (tertiary/aromatic N) is 4. The molecule has 6 nitrogen and oxygen atoms in total. The first kappa shape index (κ1) is 17.2. The summed E-state index contributed by atoms with van der Waals surface area (Å²) < 4.78 is 0. The summed E-state index contributed by atoms with van der Waals surface area (Å²) in [6, 6.07) is 7.82. The van der Waals surface area contributed by atoms with Gasteiger partial charge in [-0.3, -0.25) is 4.79 Å². The Morgan fingerprint density at radius 1 is 1.08 bits per heavy atom. The number of piperidine rings is 1. The molecule has 0 aliphatic carbocycles. The molecule has 1 saturated heterocycles. The minimum Gasteiger partial charge on any atom is -0.363 e. The molecule has 1 fully saturated rings. The standard InChI is InChI=1S/C19H25N5O/c1-23(2)18-17(20-10-11-21-18)22-14-15-6-8-16(9-7-15)19(25)24-12-4-3-5-13-24/h6-11H,3-5,12-14H2,1-2H3,(H,20,22). The van der Waals surface area contributed by atoms with Crippen molar-refractivity contribution in [2.75, 3.05) is 37.4 Å². The van der Waals surface area contributed by atoms with Crippen LogP contribution >= 0.6 is 0 Å². The van der Waals surface area contributed by atoms with Gasteiger partial charge in [0.25, 0.3) is 5.91 Å². The number of anilines is 2. The predicted octanol–water partition coefficient (Wildman–Crippen LogP) is 2.78. The molecule has 1 aromatic heterocycles. The van der Waals surface area contributed by atoms with E-state index >= 15 is 0 Å². The highest BCUT2D eigenvalue weighted by Crippen LogP contribution is 2.19. The molecule has 6 heteroatoms. The van der Waals surface area contributed by atoms with Gasteiger partial charge in [0.05, 0.1) is 0 Å². The highest BCUT2D eigenvalue weighted by atomic mass is 16.2. The van der Waals surface area contributed by atoms with E-state index in [0.717, 1.165) is 48.7 Å². The lowest BCUT2D eigenvalue weighted by Gasteiger charge is -2.26. The topological polar surface area (TPSA) is 61.4 Å². The van der Waals surface area contributed by atoms with Crippen LogP contribution in [0.4, 0.5) is 11.6 Å². The summed E-state index contributed by atoms with van der Waals surface area (Å²) in [5.41, 5.74) is 1.87. The number of carbonyl (C=O) groups excluding carboxylic acids is 1. The predicted molar refractivity (Wildman–Crippen MR) is 99.9 cm³/mol. The summed E-state index contributed by atoms with van der Waals surface area (Å²) in [4.78, 5) is 25.1. The third-order valence-electron chi connectivity index (χ3n) is 4.41. The van der Waals surface area contributed by atoms with Gasteiger partial charge in [0.1, 0.15) is 0 Å². The van der Waals surface area contributed by atoms with Gasteiger partial charge in [0, 0.05) is 51.7 Å². The molecule has 0 spiro atoms. The van der Waals surface area contributed by atoms with E-state index in [1.165, 1.54) is 6.42 Å². The number of carbonyl (C=O) groups is 1. The van der Waals surface area contributed by atoms with E-state index in [1.807, 2.05) is 48.2 Å². The van der Waals surface area contributed by atoms with Gasteiger partial charge < -0.3 is 15.1 Å². The fourth-order valence-corrected chi connectivity index (χ4v) is 3.01. The number of rotatable bonds is 5. The number of hydrogen-bond acceptors (Lipinski definition) is 5. The van der Waals surface area contributed by atoms with Crippen LogP contribution in [-0.4, -0.2) is 48.0 Å². The van der Waals surface area contributed by atoms with E-state index in [1.54, 1.807) is 12.4 Å². The minimum absolute atomic E-state index is 0.142. The molecule has 1 aliphatic rings. The molecular formula is C19H25N5O. The van der Waals surface area contributed by atoms with Crippen molar-refractivity contribution >= 4 is 17.5 Å². The van der Waals surface area contributed by atoms with Crippen LogP contribution in [-0.2, 0) is 6.54 Å². The van der Waals surface area contributed by atoms with Crippen LogP contribution < -0.4 is 10.2 Å². The maximum absolute atomic E-state index is 12.5. The summed E-state index contributed by atoms with van der Waals surface area (Å²) in [5.74, 6) is 1.70. The van der Waals surface area contributed by atoms with Crippen molar-refractivity contribution in [2.45, 2.75) is 25.8 Å². The zero-order valence-electron chi connectivity index (χ0n) is 14.9. The highest BCUT2D eigenvalue weighted by molar-refractivity contribution is 5.94. The van der Waals surface area contributed by atoms with E-state index in [9.17, 15) is 4.79 Å². The molecule has 0 unspecified atom stereocenters. The second-order valence-corrected chi connectivity index (χ2v) is 6.53. The largest absolute Gasteiger partial charge is 0.363 e. The van der Waals surface area contributed by atoms with Crippen molar-refractivity contribution < 1.29 is 4.79 Å². The molecule has 2 heterocycles. The molecule has 0 bridgehead atoms. The normalized spacial score (nSPS) is 14.2. The lowest BCUT2D eigenvalue weighted by Crippen LogP contribution is -2.35. The van der Waals surface area contributed by atoms with Gasteiger partial charge in [0.15, 0.2) is 11.6 Å². The molecule has 132 valence electrons. The molecule has 2 aromatic rings. The number of nitrogens with one attached hydrogen (secondary N) is 1. The molecular weight excluding hydrogens is 314 g/mol. The van der Waals surface area contributed by atoms with Crippen LogP contribution in [0.3, 0.4) is 0 Å². The summed E-state index contributed by atoms with van der Waals surface area (Å²) >= 11 is 0. The number of likely N-dealkylation sites (tertiary alicyclic amines) is 1. The van der Waals surface area contributed by atoms with E-state index in [4.69, 9.17) is 0 Å². The quantitative estimate of drug-likeness (QED) is 0.908. The zero-order chi connectivity index (χ0) is 17.6. The first-order chi connectivity index (χ1) is 12.1. The number of amides is 1. The summed E-state index contributed by atoms with van der Waals surface area (Å²) in [7, 11) is 3.88. The van der Waals surface area contributed by atoms with Crippen molar-refractivity contribution in [1.82, 2.24) is 14.9 Å². The van der Waals surface area contributed by atoms with Crippen LogP contribution in [0.2, 0.25) is 0 Å². The van der Waals surface area contributed by atoms with Gasteiger partial charge in [0.2, 0.25) is 0 Å². The molecule has 0 atom stereocenters. The third-order valence-corrected chi connectivity index (χ3v) is 4.41. The first-order valence-corrected chi connectivity index (χ1v) is 8.75. The fraction of sp³-hybridized carbons (Fsp3) is 0.421. The lowest BCUT2D eigenvalue weighted by atomic mass is 10.1.